The highest BCUT2D eigenvalue weighted by Crippen LogP contribution is 1.90. The van der Waals surface area contributed by atoms with Crippen LogP contribution in [0.2, 0.25) is 0 Å². The lowest BCUT2D eigenvalue weighted by atomic mass is 10.2. The molecule has 0 heterocycles. The van der Waals surface area contributed by atoms with Gasteiger partial charge < -0.3 is 16.3 Å². The summed E-state index contributed by atoms with van der Waals surface area (Å²) in [7, 11) is -0.731. The number of oxime groups is 1. The molecule has 0 aliphatic heterocycles. The van der Waals surface area contributed by atoms with E-state index in [4.69, 9.17) is 10.9 Å². The first kappa shape index (κ1) is 13.4. The van der Waals surface area contributed by atoms with Crippen LogP contribution in [0, 0.1) is 0 Å². The molecule has 2 unspecified atom stereocenters. The molecule has 2 atom stereocenters. The molecule has 4 N–H and O–H groups in total. The highest BCUT2D eigenvalue weighted by molar-refractivity contribution is 7.84. The zero-order valence-corrected chi connectivity index (χ0v) is 9.51. The second kappa shape index (κ2) is 7.75. The van der Waals surface area contributed by atoms with Crippen LogP contribution in [-0.2, 0) is 10.8 Å². The van der Waals surface area contributed by atoms with Crippen LogP contribution in [0.3, 0.4) is 0 Å². The van der Waals surface area contributed by atoms with E-state index in [1.807, 2.05) is 13.8 Å². The minimum atomic E-state index is -0.731. The fourth-order valence-corrected chi connectivity index (χ4v) is 1.62. The molecule has 5 nitrogen and oxygen atoms in total. The Morgan fingerprint density at radius 3 is 2.86 bits per heavy atom. The molecule has 0 fully saturated rings. The van der Waals surface area contributed by atoms with Crippen LogP contribution < -0.4 is 11.1 Å². The summed E-state index contributed by atoms with van der Waals surface area (Å²) in [6.07, 6.45) is 0.495. The van der Waals surface area contributed by atoms with Crippen molar-refractivity contribution in [2.24, 2.45) is 10.9 Å². The first-order valence-electron chi connectivity index (χ1n) is 4.64. The van der Waals surface area contributed by atoms with Crippen LogP contribution in [0.25, 0.3) is 0 Å². The molecule has 0 saturated carbocycles. The van der Waals surface area contributed by atoms with Gasteiger partial charge in [0.2, 0.25) is 0 Å². The number of hydrogen-bond acceptors (Lipinski definition) is 4. The molecule has 0 aromatic carbocycles. The smallest absolute Gasteiger partial charge is 0.140 e. The van der Waals surface area contributed by atoms with Crippen LogP contribution in [0.15, 0.2) is 5.16 Å². The van der Waals surface area contributed by atoms with Gasteiger partial charge in [-0.3, -0.25) is 4.21 Å². The lowest BCUT2D eigenvalue weighted by Gasteiger charge is -2.11. The molecule has 0 amide bonds. The second-order valence-electron chi connectivity index (χ2n) is 3.08. The molecule has 0 spiro atoms. The van der Waals surface area contributed by atoms with Crippen LogP contribution in [0.4, 0.5) is 0 Å². The third-order valence-electron chi connectivity index (χ3n) is 1.79. The first-order valence-corrected chi connectivity index (χ1v) is 6.13. The Morgan fingerprint density at radius 1 is 1.71 bits per heavy atom. The van der Waals surface area contributed by atoms with Gasteiger partial charge in [-0.2, -0.15) is 0 Å². The van der Waals surface area contributed by atoms with Crippen LogP contribution in [-0.4, -0.2) is 39.3 Å². The van der Waals surface area contributed by atoms with E-state index < -0.39 is 10.8 Å². The van der Waals surface area contributed by atoms with E-state index in [1.54, 1.807) is 0 Å². The Kier molecular flexibility index (Phi) is 7.41. The number of hydrogen-bond donors (Lipinski definition) is 3. The summed E-state index contributed by atoms with van der Waals surface area (Å²) in [5.74, 6) is 1.55. The number of amidine groups is 1. The predicted molar refractivity (Wildman–Crippen MR) is 59.0 cm³/mol. The van der Waals surface area contributed by atoms with Crippen molar-refractivity contribution in [3.8, 4) is 0 Å². The third kappa shape index (κ3) is 6.85. The zero-order valence-electron chi connectivity index (χ0n) is 8.69. The van der Waals surface area contributed by atoms with Gasteiger partial charge in [-0.05, 0) is 6.92 Å². The van der Waals surface area contributed by atoms with Crippen molar-refractivity contribution in [3.05, 3.63) is 0 Å². The Balaban J connectivity index is 3.54. The largest absolute Gasteiger partial charge is 0.409 e. The standard InChI is InChI=1S/C8H19N3O2S/c1-3-14(13)5-4-10-7(2)6-8(9)11-12/h7,10,12H,3-6H2,1-2H3,(H2,9,11). The number of nitrogens with one attached hydrogen (secondary N) is 1. The Bertz CT molecular complexity index is 209. The van der Waals surface area contributed by atoms with Crippen molar-refractivity contribution in [1.82, 2.24) is 5.32 Å². The average molecular weight is 221 g/mol. The van der Waals surface area contributed by atoms with Crippen LogP contribution in [0.1, 0.15) is 20.3 Å². The number of rotatable bonds is 7. The van der Waals surface area contributed by atoms with Gasteiger partial charge in [0.05, 0.1) is 0 Å². The summed E-state index contributed by atoms with van der Waals surface area (Å²) in [4.78, 5) is 0. The van der Waals surface area contributed by atoms with Crippen molar-refractivity contribution in [2.75, 3.05) is 18.1 Å². The van der Waals surface area contributed by atoms with E-state index in [0.717, 1.165) is 0 Å². The lowest BCUT2D eigenvalue weighted by Crippen LogP contribution is -2.33. The van der Waals surface area contributed by atoms with Crippen molar-refractivity contribution < 1.29 is 9.42 Å². The van der Waals surface area contributed by atoms with E-state index in [2.05, 4.69) is 10.5 Å². The normalized spacial score (nSPS) is 16.6. The molecule has 84 valence electrons. The van der Waals surface area contributed by atoms with Gasteiger partial charge >= 0.3 is 0 Å². The van der Waals surface area contributed by atoms with Gasteiger partial charge in [0.1, 0.15) is 5.84 Å². The molecule has 0 aliphatic carbocycles. The average Bonchev–Trinajstić information content (AvgIpc) is 2.17. The molecule has 0 aromatic heterocycles. The van der Waals surface area contributed by atoms with Gasteiger partial charge in [-0.15, -0.1) is 0 Å². The third-order valence-corrected chi connectivity index (χ3v) is 3.09. The van der Waals surface area contributed by atoms with Crippen LogP contribution >= 0.6 is 0 Å². The predicted octanol–water partition coefficient (Wildman–Crippen LogP) is -0.130. The molecule has 0 aromatic rings. The molecule has 0 aliphatic rings. The first-order chi connectivity index (χ1) is 6.60. The fourth-order valence-electron chi connectivity index (χ4n) is 0.990. The van der Waals surface area contributed by atoms with Gasteiger partial charge in [0.15, 0.2) is 0 Å². The van der Waals surface area contributed by atoms with Gasteiger partial charge in [0.25, 0.3) is 0 Å². The van der Waals surface area contributed by atoms with Crippen molar-refractivity contribution in [1.29, 1.82) is 0 Å². The number of nitrogens with zero attached hydrogens (tertiary/aromatic N) is 1. The minimum absolute atomic E-state index is 0.139. The zero-order chi connectivity index (χ0) is 11.0. The quantitative estimate of drug-likeness (QED) is 0.242. The molecule has 0 bridgehead atoms. The molecule has 6 heteroatoms. The van der Waals surface area contributed by atoms with E-state index in [0.29, 0.717) is 24.5 Å². The molecule has 0 rings (SSSR count). The maximum Gasteiger partial charge on any atom is 0.140 e. The topological polar surface area (TPSA) is 87.7 Å². The molecular formula is C8H19N3O2S. The molecule has 14 heavy (non-hydrogen) atoms. The monoisotopic (exact) mass is 221 g/mol. The molecular weight excluding hydrogens is 202 g/mol. The van der Waals surface area contributed by atoms with E-state index in [1.165, 1.54) is 0 Å². The van der Waals surface area contributed by atoms with Crippen LogP contribution in [0.5, 0.6) is 0 Å². The molecule has 0 radical (unpaired) electrons. The summed E-state index contributed by atoms with van der Waals surface area (Å²) in [5, 5.41) is 14.4. The van der Waals surface area contributed by atoms with E-state index >= 15 is 0 Å². The maximum absolute atomic E-state index is 11.1. The Labute approximate surface area is 87.2 Å². The van der Waals surface area contributed by atoms with Gasteiger partial charge in [0, 0.05) is 41.3 Å². The summed E-state index contributed by atoms with van der Waals surface area (Å²) in [5.41, 5.74) is 5.33. The summed E-state index contributed by atoms with van der Waals surface area (Å²) in [6.45, 7) is 4.53. The fraction of sp³-hybridized carbons (Fsp3) is 0.875. The van der Waals surface area contributed by atoms with Gasteiger partial charge in [-0.25, -0.2) is 0 Å². The van der Waals surface area contributed by atoms with E-state index in [9.17, 15) is 4.21 Å². The highest BCUT2D eigenvalue weighted by atomic mass is 32.2. The Hall–Kier alpha value is -0.620. The summed E-state index contributed by atoms with van der Waals surface area (Å²) < 4.78 is 11.1. The van der Waals surface area contributed by atoms with Crippen molar-refractivity contribution >= 4 is 16.6 Å². The van der Waals surface area contributed by atoms with Crippen molar-refractivity contribution in [2.45, 2.75) is 26.3 Å². The van der Waals surface area contributed by atoms with Gasteiger partial charge in [-0.1, -0.05) is 12.1 Å². The second-order valence-corrected chi connectivity index (χ2v) is 4.95. The lowest BCUT2D eigenvalue weighted by molar-refractivity contribution is 0.316. The summed E-state index contributed by atoms with van der Waals surface area (Å²) >= 11 is 0. The minimum Gasteiger partial charge on any atom is -0.409 e. The van der Waals surface area contributed by atoms with Crippen molar-refractivity contribution in [3.63, 3.8) is 0 Å². The highest BCUT2D eigenvalue weighted by Gasteiger charge is 2.04. The summed E-state index contributed by atoms with van der Waals surface area (Å²) in [6, 6.07) is 0.139. The SMILES string of the molecule is CCS(=O)CCNC(C)CC(N)=NO. The Morgan fingerprint density at radius 2 is 2.36 bits per heavy atom. The molecule has 0 saturated heterocycles. The van der Waals surface area contributed by atoms with E-state index in [-0.39, 0.29) is 11.9 Å². The number of nitrogens with two attached hydrogens (primary N) is 1. The maximum atomic E-state index is 11.1.